The molecule has 1 amide bonds. The minimum atomic E-state index is -0.244. The first-order valence-electron chi connectivity index (χ1n) is 9.05. The molecule has 0 atom stereocenters. The Morgan fingerprint density at radius 1 is 1.29 bits per heavy atom. The van der Waals surface area contributed by atoms with Gasteiger partial charge < -0.3 is 5.11 Å². The number of aliphatic imine (C=N–C) groups is 1. The standard InChI is InChI=1S/C17H20N6O2S3/c24-10-1-3-11(4-2-10)27-12-5-6-13(28-17-19-9-20-23-17)21-14(12)15(25)22-16-18-7-8-26-16/h5-6,9-11,24H,1-4,7-8H2,(H,18,22,25)(H,19,20,23). The Kier molecular flexibility index (Phi) is 6.55. The van der Waals surface area contributed by atoms with Crippen molar-refractivity contribution in [3.05, 3.63) is 24.2 Å². The summed E-state index contributed by atoms with van der Waals surface area (Å²) in [6, 6.07) is 3.84. The molecule has 0 spiro atoms. The zero-order chi connectivity index (χ0) is 19.3. The molecule has 2 aliphatic rings. The molecule has 4 rings (SSSR count). The maximum absolute atomic E-state index is 12.9. The van der Waals surface area contributed by atoms with Gasteiger partial charge in [0, 0.05) is 15.9 Å². The molecule has 0 unspecified atom stereocenters. The van der Waals surface area contributed by atoms with Crippen LogP contribution in [0.1, 0.15) is 36.2 Å². The normalized spacial score (nSPS) is 22.1. The van der Waals surface area contributed by atoms with Crippen molar-refractivity contribution in [2.75, 3.05) is 12.3 Å². The molecule has 11 heteroatoms. The van der Waals surface area contributed by atoms with Crippen molar-refractivity contribution in [3.8, 4) is 0 Å². The molecule has 1 saturated carbocycles. The van der Waals surface area contributed by atoms with E-state index in [4.69, 9.17) is 0 Å². The van der Waals surface area contributed by atoms with Crippen molar-refractivity contribution < 1.29 is 9.90 Å². The number of pyridine rings is 1. The van der Waals surface area contributed by atoms with Gasteiger partial charge in [0.05, 0.1) is 12.6 Å². The minimum Gasteiger partial charge on any atom is -0.393 e. The lowest BCUT2D eigenvalue weighted by molar-refractivity contribution is 0.0969. The lowest BCUT2D eigenvalue weighted by atomic mass is 9.97. The highest BCUT2D eigenvalue weighted by atomic mass is 32.2. The lowest BCUT2D eigenvalue weighted by Crippen LogP contribution is -2.29. The molecule has 0 saturated heterocycles. The van der Waals surface area contributed by atoms with Gasteiger partial charge in [-0.15, -0.1) is 11.8 Å². The minimum absolute atomic E-state index is 0.198. The van der Waals surface area contributed by atoms with Gasteiger partial charge in [0.2, 0.25) is 0 Å². The van der Waals surface area contributed by atoms with Crippen molar-refractivity contribution >= 4 is 46.4 Å². The monoisotopic (exact) mass is 436 g/mol. The van der Waals surface area contributed by atoms with Gasteiger partial charge in [-0.3, -0.25) is 20.2 Å². The smallest absolute Gasteiger partial charge is 0.277 e. The molecule has 1 fully saturated rings. The summed E-state index contributed by atoms with van der Waals surface area (Å²) in [5.74, 6) is 0.641. The number of aliphatic hydroxyl groups excluding tert-OH is 1. The van der Waals surface area contributed by atoms with Gasteiger partial charge in [-0.05, 0) is 49.6 Å². The second kappa shape index (κ2) is 9.29. The molecule has 0 bridgehead atoms. The zero-order valence-electron chi connectivity index (χ0n) is 15.0. The number of nitrogens with one attached hydrogen (secondary N) is 2. The first-order valence-corrected chi connectivity index (χ1v) is 11.7. The van der Waals surface area contributed by atoms with Gasteiger partial charge in [0.15, 0.2) is 10.3 Å². The molecule has 1 aliphatic heterocycles. The Balaban J connectivity index is 1.55. The van der Waals surface area contributed by atoms with Crippen LogP contribution in [0.15, 0.2) is 38.5 Å². The molecule has 0 radical (unpaired) electrons. The average molecular weight is 437 g/mol. The van der Waals surface area contributed by atoms with Gasteiger partial charge in [-0.25, -0.2) is 9.97 Å². The first-order chi connectivity index (χ1) is 13.7. The fourth-order valence-electron chi connectivity index (χ4n) is 3.00. The average Bonchev–Trinajstić information content (AvgIpc) is 3.39. The molecule has 0 aromatic carbocycles. The summed E-state index contributed by atoms with van der Waals surface area (Å²) in [6.07, 6.45) is 4.72. The lowest BCUT2D eigenvalue weighted by Gasteiger charge is -2.25. The summed E-state index contributed by atoms with van der Waals surface area (Å²) in [4.78, 5) is 26.7. The number of nitrogens with zero attached hydrogens (tertiary/aromatic N) is 4. The molecule has 3 heterocycles. The van der Waals surface area contributed by atoms with Crippen LogP contribution < -0.4 is 5.32 Å². The Hall–Kier alpha value is -1.56. The van der Waals surface area contributed by atoms with Gasteiger partial charge in [-0.2, -0.15) is 5.10 Å². The highest BCUT2D eigenvalue weighted by Gasteiger charge is 2.24. The third kappa shape index (κ3) is 5.07. The van der Waals surface area contributed by atoms with E-state index in [0.717, 1.165) is 42.9 Å². The molecule has 2 aromatic rings. The second-order valence-corrected chi connectivity index (χ2v) is 9.86. The largest absolute Gasteiger partial charge is 0.393 e. The first kappa shape index (κ1) is 19.7. The molecule has 8 nitrogen and oxygen atoms in total. The van der Waals surface area contributed by atoms with Crippen molar-refractivity contribution in [2.24, 2.45) is 4.99 Å². The number of thioether (sulfide) groups is 2. The number of hydrogen-bond acceptors (Lipinski definition) is 9. The highest BCUT2D eigenvalue weighted by Crippen LogP contribution is 2.36. The van der Waals surface area contributed by atoms with E-state index in [-0.39, 0.29) is 12.0 Å². The van der Waals surface area contributed by atoms with Crippen LogP contribution in [0.5, 0.6) is 0 Å². The number of aliphatic hydroxyl groups is 1. The van der Waals surface area contributed by atoms with Gasteiger partial charge in [-0.1, -0.05) is 11.8 Å². The number of carbonyl (C=O) groups excluding carboxylic acids is 1. The number of carbonyl (C=O) groups is 1. The molecule has 28 heavy (non-hydrogen) atoms. The van der Waals surface area contributed by atoms with Crippen LogP contribution in [0.2, 0.25) is 0 Å². The maximum Gasteiger partial charge on any atom is 0.277 e. The third-order valence-corrected chi connectivity index (χ3v) is 7.49. The molecule has 3 N–H and O–H groups in total. The Morgan fingerprint density at radius 2 is 2.14 bits per heavy atom. The fourth-order valence-corrected chi connectivity index (χ4v) is 5.65. The van der Waals surface area contributed by atoms with Crippen molar-refractivity contribution in [1.29, 1.82) is 0 Å². The van der Waals surface area contributed by atoms with Crippen molar-refractivity contribution in [3.63, 3.8) is 0 Å². The fraction of sp³-hybridized carbons (Fsp3) is 0.471. The topological polar surface area (TPSA) is 116 Å². The summed E-state index contributed by atoms with van der Waals surface area (Å²) < 4.78 is 0. The quantitative estimate of drug-likeness (QED) is 0.655. The molecular weight excluding hydrogens is 416 g/mol. The molecule has 2 aromatic heterocycles. The van der Waals surface area contributed by atoms with E-state index in [1.54, 1.807) is 23.5 Å². The van der Waals surface area contributed by atoms with Crippen LogP contribution in [0.3, 0.4) is 0 Å². The Bertz CT molecular complexity index is 853. The molecule has 148 valence electrons. The Labute approximate surface area is 175 Å². The van der Waals surface area contributed by atoms with Crippen LogP contribution in [-0.4, -0.2) is 60.0 Å². The SMILES string of the molecule is O=C(NC1=NCCS1)c1nc(Sc2ncn[nH]2)ccc1SC1CCC(O)CC1. The summed E-state index contributed by atoms with van der Waals surface area (Å²) in [5, 5.41) is 21.6. The number of aromatic amines is 1. The van der Waals surface area contributed by atoms with Crippen LogP contribution in [0.25, 0.3) is 0 Å². The third-order valence-electron chi connectivity index (χ3n) is 4.39. The van der Waals surface area contributed by atoms with Crippen LogP contribution >= 0.6 is 35.3 Å². The van der Waals surface area contributed by atoms with E-state index in [9.17, 15) is 9.90 Å². The van der Waals surface area contributed by atoms with Gasteiger partial charge in [0.1, 0.15) is 17.0 Å². The van der Waals surface area contributed by atoms with E-state index in [1.165, 1.54) is 18.1 Å². The molecular formula is C17H20N6O2S3. The van der Waals surface area contributed by atoms with Crippen molar-refractivity contribution in [1.82, 2.24) is 25.5 Å². The predicted octanol–water partition coefficient (Wildman–Crippen LogP) is 2.58. The number of rotatable bonds is 5. The summed E-state index contributed by atoms with van der Waals surface area (Å²) in [6.45, 7) is 0.723. The van der Waals surface area contributed by atoms with E-state index >= 15 is 0 Å². The van der Waals surface area contributed by atoms with Crippen molar-refractivity contribution in [2.45, 2.75) is 52.1 Å². The number of H-pyrrole nitrogens is 1. The summed E-state index contributed by atoms with van der Waals surface area (Å²) >= 11 is 4.54. The molecule has 1 aliphatic carbocycles. The highest BCUT2D eigenvalue weighted by molar-refractivity contribution is 8.14. The number of aromatic nitrogens is 4. The van der Waals surface area contributed by atoms with E-state index in [1.807, 2.05) is 12.1 Å². The second-order valence-electron chi connectivity index (χ2n) is 6.43. The Morgan fingerprint density at radius 3 is 2.86 bits per heavy atom. The van der Waals surface area contributed by atoms with Crippen LogP contribution in [0, 0.1) is 0 Å². The zero-order valence-corrected chi connectivity index (χ0v) is 17.4. The van der Waals surface area contributed by atoms with Crippen LogP contribution in [0.4, 0.5) is 0 Å². The summed E-state index contributed by atoms with van der Waals surface area (Å²) in [7, 11) is 0. The number of amides is 1. The van der Waals surface area contributed by atoms with Gasteiger partial charge in [0.25, 0.3) is 5.91 Å². The van der Waals surface area contributed by atoms with E-state index in [0.29, 0.717) is 26.3 Å². The van der Waals surface area contributed by atoms with E-state index in [2.05, 4.69) is 30.5 Å². The van der Waals surface area contributed by atoms with Crippen LogP contribution in [-0.2, 0) is 0 Å². The summed E-state index contributed by atoms with van der Waals surface area (Å²) in [5.41, 5.74) is 0.399. The van der Waals surface area contributed by atoms with E-state index < -0.39 is 0 Å². The number of amidine groups is 1. The number of hydrogen-bond donors (Lipinski definition) is 3. The predicted molar refractivity (Wildman–Crippen MR) is 111 cm³/mol. The maximum atomic E-state index is 12.9. The van der Waals surface area contributed by atoms with Gasteiger partial charge >= 0.3 is 0 Å².